The first-order valence-corrected chi connectivity index (χ1v) is 6.60. The van der Waals surface area contributed by atoms with Crippen molar-refractivity contribution in [3.8, 4) is 0 Å². The van der Waals surface area contributed by atoms with Crippen molar-refractivity contribution in [3.63, 3.8) is 0 Å². The van der Waals surface area contributed by atoms with Crippen LogP contribution in [0, 0.1) is 23.7 Å². The molecule has 4 atom stereocenters. The van der Waals surface area contributed by atoms with Crippen LogP contribution in [0.2, 0.25) is 0 Å². The van der Waals surface area contributed by atoms with Gasteiger partial charge in [0.25, 0.3) is 0 Å². The van der Waals surface area contributed by atoms with Gasteiger partial charge in [-0.05, 0) is 50.0 Å². The Hall–Kier alpha value is -1.10. The normalized spacial score (nSPS) is 41.6. The van der Waals surface area contributed by atoms with Crippen molar-refractivity contribution in [1.29, 1.82) is 0 Å². The van der Waals surface area contributed by atoms with Crippen molar-refractivity contribution in [1.82, 2.24) is 15.5 Å². The average Bonchev–Trinajstić information content (AvgIpc) is 2.76. The third-order valence-electron chi connectivity index (χ3n) is 4.82. The fraction of sp³-hybridized carbons (Fsp3) is 0.833. The van der Waals surface area contributed by atoms with E-state index in [1.165, 1.54) is 19.3 Å². The largest absolute Gasteiger partial charge is 0.407 e. The van der Waals surface area contributed by atoms with Crippen LogP contribution in [0.3, 0.4) is 0 Å². The molecule has 5 heteroatoms. The Kier molecular flexibility index (Phi) is 2.00. The summed E-state index contributed by atoms with van der Waals surface area (Å²) in [5, 5.41) is 14.5. The van der Waals surface area contributed by atoms with Gasteiger partial charge in [0.15, 0.2) is 0 Å². The van der Waals surface area contributed by atoms with Gasteiger partial charge in [0.2, 0.25) is 5.89 Å². The molecule has 3 aliphatic rings. The number of nitrogens with one attached hydrogen (secondary N) is 2. The smallest absolute Gasteiger partial charge is 0.315 e. The second kappa shape index (κ2) is 3.45. The van der Waals surface area contributed by atoms with Gasteiger partial charge in [0.1, 0.15) is 0 Å². The Morgan fingerprint density at radius 1 is 1.24 bits per heavy atom. The Labute approximate surface area is 100 Å². The number of anilines is 1. The van der Waals surface area contributed by atoms with Crippen LogP contribution in [0.25, 0.3) is 0 Å². The van der Waals surface area contributed by atoms with Crippen LogP contribution in [-0.2, 0) is 6.54 Å². The minimum atomic E-state index is 0.606. The highest BCUT2D eigenvalue weighted by molar-refractivity contribution is 5.31. The summed E-state index contributed by atoms with van der Waals surface area (Å²) in [4.78, 5) is 0. The van der Waals surface area contributed by atoms with Crippen LogP contribution >= 0.6 is 0 Å². The number of nitrogens with zero attached hydrogens (tertiary/aromatic N) is 2. The van der Waals surface area contributed by atoms with Crippen molar-refractivity contribution in [3.05, 3.63) is 5.89 Å². The van der Waals surface area contributed by atoms with E-state index in [1.54, 1.807) is 0 Å². The minimum Gasteiger partial charge on any atom is -0.407 e. The molecule has 0 saturated heterocycles. The lowest BCUT2D eigenvalue weighted by molar-refractivity contribution is 0.456. The van der Waals surface area contributed by atoms with E-state index in [9.17, 15) is 0 Å². The topological polar surface area (TPSA) is 63.0 Å². The maximum Gasteiger partial charge on any atom is 0.315 e. The lowest BCUT2D eigenvalue weighted by Gasteiger charge is -2.07. The summed E-state index contributed by atoms with van der Waals surface area (Å²) in [6.07, 6.45) is 4.36. The van der Waals surface area contributed by atoms with Gasteiger partial charge in [0.05, 0.1) is 6.54 Å². The lowest BCUT2D eigenvalue weighted by Crippen LogP contribution is -2.12. The SMILES string of the molecule is CNCc1nnc(NC2C3C4CCC(C4)C23)o1. The Morgan fingerprint density at radius 2 is 2.00 bits per heavy atom. The van der Waals surface area contributed by atoms with Gasteiger partial charge in [-0.15, -0.1) is 5.10 Å². The number of rotatable bonds is 4. The monoisotopic (exact) mass is 234 g/mol. The summed E-state index contributed by atoms with van der Waals surface area (Å²) in [7, 11) is 1.88. The zero-order valence-corrected chi connectivity index (χ0v) is 10.0. The highest BCUT2D eigenvalue weighted by Crippen LogP contribution is 2.66. The zero-order chi connectivity index (χ0) is 11.4. The van der Waals surface area contributed by atoms with E-state index in [4.69, 9.17) is 4.42 Å². The van der Waals surface area contributed by atoms with Crippen LogP contribution in [0.4, 0.5) is 6.01 Å². The third kappa shape index (κ3) is 1.41. The van der Waals surface area contributed by atoms with E-state index >= 15 is 0 Å². The summed E-state index contributed by atoms with van der Waals surface area (Å²) in [6, 6.07) is 1.22. The van der Waals surface area contributed by atoms with E-state index in [0.717, 1.165) is 23.7 Å². The number of aromatic nitrogens is 2. The summed E-state index contributed by atoms with van der Waals surface area (Å²) in [5.41, 5.74) is 0. The average molecular weight is 234 g/mol. The second-order valence-electron chi connectivity index (χ2n) is 5.69. The molecule has 2 N–H and O–H groups in total. The van der Waals surface area contributed by atoms with E-state index < -0.39 is 0 Å². The zero-order valence-electron chi connectivity index (χ0n) is 10.0. The van der Waals surface area contributed by atoms with Crippen LogP contribution in [0.5, 0.6) is 0 Å². The molecule has 1 heterocycles. The molecular weight excluding hydrogens is 216 g/mol. The van der Waals surface area contributed by atoms with Gasteiger partial charge in [0, 0.05) is 6.04 Å². The molecule has 1 aromatic rings. The van der Waals surface area contributed by atoms with E-state index in [0.29, 0.717) is 24.5 Å². The van der Waals surface area contributed by atoms with Gasteiger partial charge in [-0.1, -0.05) is 5.10 Å². The molecule has 3 aliphatic carbocycles. The molecule has 5 nitrogen and oxygen atoms in total. The number of hydrogen-bond acceptors (Lipinski definition) is 5. The molecule has 17 heavy (non-hydrogen) atoms. The predicted molar refractivity (Wildman–Crippen MR) is 62.3 cm³/mol. The molecular formula is C12H18N4O. The summed E-state index contributed by atoms with van der Waals surface area (Å²) in [6.45, 7) is 0.636. The maximum atomic E-state index is 5.54. The molecule has 3 saturated carbocycles. The first-order valence-electron chi connectivity index (χ1n) is 6.60. The van der Waals surface area contributed by atoms with Crippen LogP contribution in [0.1, 0.15) is 25.2 Å². The van der Waals surface area contributed by atoms with Gasteiger partial charge in [-0.2, -0.15) is 0 Å². The minimum absolute atomic E-state index is 0.606. The van der Waals surface area contributed by atoms with Gasteiger partial charge < -0.3 is 15.1 Å². The standard InChI is InChI=1S/C12H18N4O/c1-13-5-8-15-16-12(17-8)14-11-9-6-2-3-7(4-6)10(9)11/h6-7,9-11,13H,2-5H2,1H3,(H,14,16). The Morgan fingerprint density at radius 3 is 2.71 bits per heavy atom. The first-order chi connectivity index (χ1) is 8.36. The molecule has 0 spiro atoms. The molecule has 3 fully saturated rings. The van der Waals surface area contributed by atoms with Crippen molar-refractivity contribution in [2.75, 3.05) is 12.4 Å². The number of fused-ring (bicyclic) bond motifs is 5. The lowest BCUT2D eigenvalue weighted by atomic mass is 10.0. The molecule has 1 aromatic heterocycles. The van der Waals surface area contributed by atoms with Gasteiger partial charge >= 0.3 is 6.01 Å². The van der Waals surface area contributed by atoms with Crippen molar-refractivity contribution >= 4 is 6.01 Å². The van der Waals surface area contributed by atoms with Crippen molar-refractivity contribution in [2.24, 2.45) is 23.7 Å². The summed E-state index contributed by atoms with van der Waals surface area (Å²) in [5.74, 6) is 4.40. The molecule has 0 amide bonds. The molecule has 2 bridgehead atoms. The molecule has 4 rings (SSSR count). The number of hydrogen-bond donors (Lipinski definition) is 2. The first kappa shape index (κ1) is 9.88. The molecule has 0 aliphatic heterocycles. The molecule has 92 valence electrons. The quantitative estimate of drug-likeness (QED) is 0.820. The van der Waals surface area contributed by atoms with Gasteiger partial charge in [-0.25, -0.2) is 0 Å². The van der Waals surface area contributed by atoms with Crippen molar-refractivity contribution in [2.45, 2.75) is 31.8 Å². The van der Waals surface area contributed by atoms with Gasteiger partial charge in [-0.3, -0.25) is 0 Å². The maximum absolute atomic E-state index is 5.54. The van der Waals surface area contributed by atoms with Crippen LogP contribution in [-0.4, -0.2) is 23.3 Å². The molecule has 0 radical (unpaired) electrons. The van der Waals surface area contributed by atoms with Crippen LogP contribution < -0.4 is 10.6 Å². The fourth-order valence-electron chi connectivity index (χ4n) is 4.20. The van der Waals surface area contributed by atoms with E-state index in [2.05, 4.69) is 20.8 Å². The highest BCUT2D eigenvalue weighted by atomic mass is 16.4. The van der Waals surface area contributed by atoms with E-state index in [-0.39, 0.29) is 0 Å². The summed E-state index contributed by atoms with van der Waals surface area (Å²) >= 11 is 0. The summed E-state index contributed by atoms with van der Waals surface area (Å²) < 4.78 is 5.54. The predicted octanol–water partition coefficient (Wildman–Crippen LogP) is 1.25. The van der Waals surface area contributed by atoms with Crippen LogP contribution in [0.15, 0.2) is 4.42 Å². The molecule has 0 aromatic carbocycles. The van der Waals surface area contributed by atoms with Crippen molar-refractivity contribution < 1.29 is 4.42 Å². The Bertz CT molecular complexity index is 416. The van der Waals surface area contributed by atoms with E-state index in [1.807, 2.05) is 7.05 Å². The third-order valence-corrected chi connectivity index (χ3v) is 4.82. The molecule has 4 unspecified atom stereocenters. The highest BCUT2D eigenvalue weighted by Gasteiger charge is 2.65. The fourth-order valence-corrected chi connectivity index (χ4v) is 4.20. The second-order valence-corrected chi connectivity index (χ2v) is 5.69. The Balaban J connectivity index is 1.42.